The molecule has 5 heteroatoms. The molecule has 0 saturated carbocycles. The molecule has 3 aromatic rings. The molecule has 2 aromatic carbocycles. The standard InChI is InChI=1S/C23H27N3O2/c1-24-18-6-4-5-17(13-18)16-9-11-26(12-10-16)23(27)21-15-25(2)22-8-7-19(28-3)14-20(21)22/h4-8,13-16,24H,9-12H2,1-3H3. The van der Waals surface area contributed by atoms with E-state index in [-0.39, 0.29) is 5.91 Å². The van der Waals surface area contributed by atoms with E-state index in [0.717, 1.165) is 53.8 Å². The molecule has 1 aliphatic heterocycles. The summed E-state index contributed by atoms with van der Waals surface area (Å²) in [7, 11) is 5.57. The molecule has 0 aliphatic carbocycles. The van der Waals surface area contributed by atoms with Crippen LogP contribution in [0, 0.1) is 0 Å². The number of rotatable bonds is 4. The molecule has 0 atom stereocenters. The summed E-state index contributed by atoms with van der Waals surface area (Å²) in [6.07, 6.45) is 3.93. The smallest absolute Gasteiger partial charge is 0.256 e. The second kappa shape index (κ2) is 7.58. The van der Waals surface area contributed by atoms with Crippen molar-refractivity contribution in [3.05, 3.63) is 59.8 Å². The first-order valence-corrected chi connectivity index (χ1v) is 9.80. The number of carbonyl (C=O) groups is 1. The van der Waals surface area contributed by atoms with Gasteiger partial charge in [0.1, 0.15) is 5.75 Å². The number of nitrogens with one attached hydrogen (secondary N) is 1. The zero-order valence-electron chi connectivity index (χ0n) is 16.7. The lowest BCUT2D eigenvalue weighted by atomic mass is 9.89. The molecule has 0 unspecified atom stereocenters. The van der Waals surface area contributed by atoms with Crippen LogP contribution in [-0.4, -0.2) is 42.6 Å². The van der Waals surface area contributed by atoms with Gasteiger partial charge in [-0.2, -0.15) is 0 Å². The van der Waals surface area contributed by atoms with Crippen LogP contribution in [0.3, 0.4) is 0 Å². The highest BCUT2D eigenvalue weighted by Crippen LogP contribution is 2.32. The first-order chi connectivity index (χ1) is 13.6. The van der Waals surface area contributed by atoms with Gasteiger partial charge in [0, 0.05) is 50.0 Å². The molecule has 146 valence electrons. The van der Waals surface area contributed by atoms with Crippen molar-refractivity contribution in [2.75, 3.05) is 32.6 Å². The molecule has 5 nitrogen and oxygen atoms in total. The summed E-state index contributed by atoms with van der Waals surface area (Å²) in [5, 5.41) is 4.16. The molecule has 4 rings (SSSR count). The molecule has 1 N–H and O–H groups in total. The average Bonchev–Trinajstić information content (AvgIpc) is 3.09. The van der Waals surface area contributed by atoms with Crippen molar-refractivity contribution >= 4 is 22.5 Å². The molecular formula is C23H27N3O2. The van der Waals surface area contributed by atoms with E-state index in [9.17, 15) is 4.79 Å². The number of benzene rings is 2. The van der Waals surface area contributed by atoms with Gasteiger partial charge in [-0.25, -0.2) is 0 Å². The number of likely N-dealkylation sites (tertiary alicyclic amines) is 1. The molecule has 0 radical (unpaired) electrons. The molecule has 28 heavy (non-hydrogen) atoms. The number of amides is 1. The van der Waals surface area contributed by atoms with Gasteiger partial charge in [0.05, 0.1) is 12.7 Å². The van der Waals surface area contributed by atoms with Crippen LogP contribution < -0.4 is 10.1 Å². The molecule has 0 spiro atoms. The minimum absolute atomic E-state index is 0.112. The van der Waals surface area contributed by atoms with E-state index in [1.54, 1.807) is 7.11 Å². The Morgan fingerprint density at radius 1 is 1.14 bits per heavy atom. The van der Waals surface area contributed by atoms with Crippen LogP contribution >= 0.6 is 0 Å². The Kier molecular flexibility index (Phi) is 4.99. The van der Waals surface area contributed by atoms with E-state index in [1.807, 2.05) is 48.0 Å². The number of aryl methyl sites for hydroxylation is 1. The fraction of sp³-hybridized carbons (Fsp3) is 0.348. The van der Waals surface area contributed by atoms with Crippen molar-refractivity contribution < 1.29 is 9.53 Å². The van der Waals surface area contributed by atoms with Gasteiger partial charge in [-0.1, -0.05) is 12.1 Å². The van der Waals surface area contributed by atoms with Crippen molar-refractivity contribution in [3.8, 4) is 5.75 Å². The summed E-state index contributed by atoms with van der Waals surface area (Å²) in [4.78, 5) is 15.2. The largest absolute Gasteiger partial charge is 0.497 e. The van der Waals surface area contributed by atoms with E-state index < -0.39 is 0 Å². The van der Waals surface area contributed by atoms with Crippen molar-refractivity contribution in [2.24, 2.45) is 7.05 Å². The molecular weight excluding hydrogens is 350 g/mol. The maximum absolute atomic E-state index is 13.2. The van der Waals surface area contributed by atoms with E-state index in [4.69, 9.17) is 4.74 Å². The summed E-state index contributed by atoms with van der Waals surface area (Å²) < 4.78 is 7.37. The lowest BCUT2D eigenvalue weighted by Gasteiger charge is -2.32. The minimum atomic E-state index is 0.112. The molecule has 2 heterocycles. The average molecular weight is 377 g/mol. The summed E-state index contributed by atoms with van der Waals surface area (Å²) in [6.45, 7) is 1.57. The number of nitrogens with zero attached hydrogens (tertiary/aromatic N) is 2. The molecule has 1 fully saturated rings. The highest BCUT2D eigenvalue weighted by Gasteiger charge is 2.26. The number of methoxy groups -OCH3 is 1. The van der Waals surface area contributed by atoms with E-state index in [2.05, 4.69) is 29.6 Å². The fourth-order valence-corrected chi connectivity index (χ4v) is 4.20. The number of ether oxygens (including phenoxy) is 1. The Bertz CT molecular complexity index is 1000. The van der Waals surface area contributed by atoms with E-state index in [0.29, 0.717) is 5.92 Å². The van der Waals surface area contributed by atoms with Gasteiger partial charge in [0.2, 0.25) is 0 Å². The van der Waals surface area contributed by atoms with Crippen LogP contribution in [0.4, 0.5) is 5.69 Å². The maximum Gasteiger partial charge on any atom is 0.256 e. The predicted octanol–water partition coefficient (Wildman–Crippen LogP) is 4.25. The minimum Gasteiger partial charge on any atom is -0.497 e. The van der Waals surface area contributed by atoms with Gasteiger partial charge in [-0.3, -0.25) is 4.79 Å². The number of aromatic nitrogens is 1. The zero-order chi connectivity index (χ0) is 19.7. The monoisotopic (exact) mass is 377 g/mol. The van der Waals surface area contributed by atoms with Crippen LogP contribution in [0.25, 0.3) is 10.9 Å². The summed E-state index contributed by atoms with van der Waals surface area (Å²) in [5.74, 6) is 1.39. The van der Waals surface area contributed by atoms with Crippen LogP contribution in [0.1, 0.15) is 34.7 Å². The number of hydrogen-bond acceptors (Lipinski definition) is 3. The number of anilines is 1. The van der Waals surface area contributed by atoms with Gasteiger partial charge >= 0.3 is 0 Å². The Labute approximate surface area is 165 Å². The maximum atomic E-state index is 13.2. The third-order valence-electron chi connectivity index (χ3n) is 5.86. The fourth-order valence-electron chi connectivity index (χ4n) is 4.20. The number of fused-ring (bicyclic) bond motifs is 1. The van der Waals surface area contributed by atoms with Crippen molar-refractivity contribution in [2.45, 2.75) is 18.8 Å². The SMILES string of the molecule is CNc1cccc(C2CCN(C(=O)c3cn(C)c4ccc(OC)cc34)CC2)c1. The van der Waals surface area contributed by atoms with Crippen molar-refractivity contribution in [3.63, 3.8) is 0 Å². The molecule has 1 amide bonds. The summed E-state index contributed by atoms with van der Waals surface area (Å²) in [5.41, 5.74) is 4.30. The number of hydrogen-bond donors (Lipinski definition) is 1. The lowest BCUT2D eigenvalue weighted by molar-refractivity contribution is 0.0715. The van der Waals surface area contributed by atoms with Crippen LogP contribution in [0.15, 0.2) is 48.7 Å². The Morgan fingerprint density at radius 3 is 2.64 bits per heavy atom. The third kappa shape index (κ3) is 3.33. The topological polar surface area (TPSA) is 46.5 Å². The third-order valence-corrected chi connectivity index (χ3v) is 5.86. The van der Waals surface area contributed by atoms with Crippen LogP contribution in [-0.2, 0) is 7.05 Å². The normalized spacial score (nSPS) is 15.0. The van der Waals surface area contributed by atoms with Crippen LogP contribution in [0.5, 0.6) is 5.75 Å². The van der Waals surface area contributed by atoms with E-state index in [1.165, 1.54) is 5.56 Å². The Morgan fingerprint density at radius 2 is 1.93 bits per heavy atom. The molecule has 1 aliphatic rings. The second-order valence-corrected chi connectivity index (χ2v) is 7.48. The molecule has 1 aromatic heterocycles. The van der Waals surface area contributed by atoms with Crippen molar-refractivity contribution in [1.82, 2.24) is 9.47 Å². The molecule has 0 bridgehead atoms. The summed E-state index contributed by atoms with van der Waals surface area (Å²) >= 11 is 0. The predicted molar refractivity (Wildman–Crippen MR) is 113 cm³/mol. The number of piperidine rings is 1. The first kappa shape index (κ1) is 18.4. The van der Waals surface area contributed by atoms with Gasteiger partial charge in [0.15, 0.2) is 0 Å². The first-order valence-electron chi connectivity index (χ1n) is 9.80. The quantitative estimate of drug-likeness (QED) is 0.739. The van der Waals surface area contributed by atoms with Gasteiger partial charge in [-0.05, 0) is 54.7 Å². The highest BCUT2D eigenvalue weighted by molar-refractivity contribution is 6.07. The van der Waals surface area contributed by atoms with Crippen LogP contribution in [0.2, 0.25) is 0 Å². The van der Waals surface area contributed by atoms with Crippen molar-refractivity contribution in [1.29, 1.82) is 0 Å². The Hall–Kier alpha value is -2.95. The summed E-state index contributed by atoms with van der Waals surface area (Å²) in [6, 6.07) is 14.5. The zero-order valence-corrected chi connectivity index (χ0v) is 16.7. The second-order valence-electron chi connectivity index (χ2n) is 7.48. The van der Waals surface area contributed by atoms with E-state index >= 15 is 0 Å². The Balaban J connectivity index is 1.52. The van der Waals surface area contributed by atoms with Gasteiger partial charge in [0.25, 0.3) is 5.91 Å². The van der Waals surface area contributed by atoms with Gasteiger partial charge in [-0.15, -0.1) is 0 Å². The van der Waals surface area contributed by atoms with Gasteiger partial charge < -0.3 is 19.5 Å². The highest BCUT2D eigenvalue weighted by atomic mass is 16.5. The number of carbonyl (C=O) groups excluding carboxylic acids is 1. The molecule has 1 saturated heterocycles. The lowest BCUT2D eigenvalue weighted by Crippen LogP contribution is -2.37.